The van der Waals surface area contributed by atoms with E-state index in [1.165, 1.54) is 11.8 Å². The zero-order valence-corrected chi connectivity index (χ0v) is 15.5. The first-order valence-electron chi connectivity index (χ1n) is 8.37. The summed E-state index contributed by atoms with van der Waals surface area (Å²) in [6.45, 7) is 5.90. The van der Waals surface area contributed by atoms with Crippen molar-refractivity contribution in [1.82, 2.24) is 29.4 Å². The fraction of sp³-hybridized carbons (Fsp3) is 0.294. The lowest BCUT2D eigenvalue weighted by Crippen LogP contribution is -2.24. The molecule has 1 aromatic carbocycles. The molecule has 0 spiro atoms. The van der Waals surface area contributed by atoms with Gasteiger partial charge in [0.1, 0.15) is 5.82 Å². The predicted octanol–water partition coefficient (Wildman–Crippen LogP) is 3.11. The number of thioether (sulfide) groups is 1. The summed E-state index contributed by atoms with van der Waals surface area (Å²) in [5.74, 6) is 1.26. The third-order valence-electron chi connectivity index (χ3n) is 4.07. The summed E-state index contributed by atoms with van der Waals surface area (Å²) in [7, 11) is 0. The Hall–Kier alpha value is -2.81. The largest absolute Gasteiger partial charge is 0.310 e. The van der Waals surface area contributed by atoms with Crippen LogP contribution in [0.5, 0.6) is 0 Å². The Morgan fingerprint density at radius 1 is 1.23 bits per heavy atom. The molecule has 0 bridgehead atoms. The third kappa shape index (κ3) is 2.84. The minimum Gasteiger partial charge on any atom is -0.310 e. The second-order valence-corrected chi connectivity index (χ2v) is 7.58. The lowest BCUT2D eigenvalue weighted by molar-refractivity contribution is -0.115. The number of fused-ring (bicyclic) bond motifs is 3. The number of nitrogens with one attached hydrogen (secondary N) is 2. The molecule has 0 radical (unpaired) electrons. The number of carbonyl (C=O) groups excluding carboxylic acids is 1. The predicted molar refractivity (Wildman–Crippen MR) is 101 cm³/mol. The zero-order chi connectivity index (χ0) is 18.3. The summed E-state index contributed by atoms with van der Waals surface area (Å²) in [4.78, 5) is 17.1. The van der Waals surface area contributed by atoms with Gasteiger partial charge in [-0.15, -0.1) is 5.10 Å². The van der Waals surface area contributed by atoms with Gasteiger partial charge in [-0.2, -0.15) is 5.10 Å². The van der Waals surface area contributed by atoms with Crippen molar-refractivity contribution in [2.24, 2.45) is 0 Å². The van der Waals surface area contributed by atoms with Crippen LogP contribution in [-0.4, -0.2) is 40.5 Å². The van der Waals surface area contributed by atoms with Gasteiger partial charge in [-0.3, -0.25) is 9.20 Å². The normalized spacial score (nSPS) is 12.9. The number of benzene rings is 1. The SMILES string of the molecule is CC(C)n1nccc1NC(=O)[C@H](C)Sc1n[nH]c2nc3ccccc3n12. The molecule has 134 valence electrons. The number of aromatic nitrogens is 6. The van der Waals surface area contributed by atoms with Crippen molar-refractivity contribution >= 4 is 40.3 Å². The first-order chi connectivity index (χ1) is 12.5. The van der Waals surface area contributed by atoms with Gasteiger partial charge in [0, 0.05) is 12.1 Å². The molecule has 1 atom stereocenters. The molecule has 4 aromatic rings. The van der Waals surface area contributed by atoms with Gasteiger partial charge in [0.15, 0.2) is 5.16 Å². The Morgan fingerprint density at radius 3 is 2.85 bits per heavy atom. The molecule has 4 rings (SSSR count). The molecule has 26 heavy (non-hydrogen) atoms. The monoisotopic (exact) mass is 369 g/mol. The fourth-order valence-electron chi connectivity index (χ4n) is 2.79. The maximum atomic E-state index is 12.6. The number of aromatic amines is 1. The first-order valence-corrected chi connectivity index (χ1v) is 9.25. The number of rotatable bonds is 5. The van der Waals surface area contributed by atoms with Gasteiger partial charge in [0.25, 0.3) is 0 Å². The molecule has 9 heteroatoms. The Kier molecular flexibility index (Phi) is 4.15. The van der Waals surface area contributed by atoms with Crippen LogP contribution in [0.3, 0.4) is 0 Å². The van der Waals surface area contributed by atoms with Gasteiger partial charge in [-0.25, -0.2) is 14.8 Å². The molecule has 0 fully saturated rings. The van der Waals surface area contributed by atoms with Crippen molar-refractivity contribution in [2.75, 3.05) is 5.32 Å². The number of nitrogens with zero attached hydrogens (tertiary/aromatic N) is 5. The highest BCUT2D eigenvalue weighted by Gasteiger charge is 2.21. The van der Waals surface area contributed by atoms with Gasteiger partial charge in [-0.05, 0) is 32.9 Å². The van der Waals surface area contributed by atoms with Gasteiger partial charge in [-0.1, -0.05) is 23.9 Å². The van der Waals surface area contributed by atoms with Crippen LogP contribution in [0.15, 0.2) is 41.7 Å². The van der Waals surface area contributed by atoms with Crippen molar-refractivity contribution in [1.29, 1.82) is 0 Å². The summed E-state index contributed by atoms with van der Waals surface area (Å²) in [5, 5.41) is 14.8. The average Bonchev–Trinajstić information content (AvgIpc) is 3.30. The van der Waals surface area contributed by atoms with E-state index in [-0.39, 0.29) is 17.2 Å². The van der Waals surface area contributed by atoms with Crippen LogP contribution in [0.1, 0.15) is 26.8 Å². The second-order valence-electron chi connectivity index (χ2n) is 6.27. The van der Waals surface area contributed by atoms with E-state index in [4.69, 9.17) is 0 Å². The van der Waals surface area contributed by atoms with Crippen LogP contribution in [0.4, 0.5) is 5.82 Å². The number of H-pyrrole nitrogens is 1. The first kappa shape index (κ1) is 16.6. The minimum absolute atomic E-state index is 0.0991. The topological polar surface area (TPSA) is 92.9 Å². The van der Waals surface area contributed by atoms with Crippen molar-refractivity contribution in [3.05, 3.63) is 36.5 Å². The summed E-state index contributed by atoms with van der Waals surface area (Å²) in [6, 6.07) is 9.82. The minimum atomic E-state index is -0.335. The molecule has 1 amide bonds. The van der Waals surface area contributed by atoms with Crippen LogP contribution in [0.2, 0.25) is 0 Å². The molecular weight excluding hydrogens is 350 g/mol. The highest BCUT2D eigenvalue weighted by molar-refractivity contribution is 8.00. The summed E-state index contributed by atoms with van der Waals surface area (Å²) < 4.78 is 3.72. The molecule has 0 saturated heterocycles. The third-order valence-corrected chi connectivity index (χ3v) is 5.12. The van der Waals surface area contributed by atoms with Gasteiger partial charge < -0.3 is 5.32 Å². The quantitative estimate of drug-likeness (QED) is 0.527. The molecule has 3 aromatic heterocycles. The van der Waals surface area contributed by atoms with E-state index in [1.807, 2.05) is 49.4 Å². The molecule has 3 heterocycles. The van der Waals surface area contributed by atoms with Crippen molar-refractivity contribution in [3.63, 3.8) is 0 Å². The standard InChI is InChI=1S/C17H19N7OS/c1-10(2)24-14(8-9-18-24)20-15(25)11(3)26-17-22-21-16-19-12-6-4-5-7-13(12)23(16)17/h4-11H,1-3H3,(H,19,21)(H,20,25)/t11-/m0/s1. The van der Waals surface area contributed by atoms with E-state index >= 15 is 0 Å². The Morgan fingerprint density at radius 2 is 2.04 bits per heavy atom. The second kappa shape index (κ2) is 6.49. The molecule has 0 aliphatic rings. The van der Waals surface area contributed by atoms with Gasteiger partial charge in [0.2, 0.25) is 11.7 Å². The fourth-order valence-corrected chi connectivity index (χ4v) is 3.66. The number of hydrogen-bond acceptors (Lipinski definition) is 5. The summed E-state index contributed by atoms with van der Waals surface area (Å²) in [5.41, 5.74) is 1.85. The lowest BCUT2D eigenvalue weighted by Gasteiger charge is -2.14. The van der Waals surface area contributed by atoms with E-state index in [2.05, 4.69) is 25.6 Å². The van der Waals surface area contributed by atoms with Crippen LogP contribution in [-0.2, 0) is 4.79 Å². The molecular formula is C17H19N7OS. The number of imidazole rings is 1. The molecule has 0 aliphatic heterocycles. The van der Waals surface area contributed by atoms with E-state index in [0.29, 0.717) is 16.8 Å². The van der Waals surface area contributed by atoms with Crippen molar-refractivity contribution < 1.29 is 4.79 Å². The van der Waals surface area contributed by atoms with Crippen molar-refractivity contribution in [2.45, 2.75) is 37.2 Å². The number of hydrogen-bond donors (Lipinski definition) is 2. The molecule has 0 aliphatic carbocycles. The Balaban J connectivity index is 1.56. The Labute approximate surface area is 154 Å². The van der Waals surface area contributed by atoms with Crippen molar-refractivity contribution in [3.8, 4) is 0 Å². The highest BCUT2D eigenvalue weighted by Crippen LogP contribution is 2.26. The summed E-state index contributed by atoms with van der Waals surface area (Å²) in [6.07, 6.45) is 1.68. The number of amides is 1. The van der Waals surface area contributed by atoms with E-state index < -0.39 is 0 Å². The highest BCUT2D eigenvalue weighted by atomic mass is 32.2. The molecule has 2 N–H and O–H groups in total. The van der Waals surface area contributed by atoms with Crippen LogP contribution < -0.4 is 5.32 Å². The average molecular weight is 369 g/mol. The Bertz CT molecular complexity index is 1080. The maximum absolute atomic E-state index is 12.6. The zero-order valence-electron chi connectivity index (χ0n) is 14.7. The lowest BCUT2D eigenvalue weighted by atomic mass is 10.3. The van der Waals surface area contributed by atoms with E-state index in [9.17, 15) is 4.79 Å². The van der Waals surface area contributed by atoms with Crippen LogP contribution in [0, 0.1) is 0 Å². The van der Waals surface area contributed by atoms with Crippen LogP contribution >= 0.6 is 11.8 Å². The number of carbonyl (C=O) groups is 1. The maximum Gasteiger partial charge on any atom is 0.238 e. The molecule has 8 nitrogen and oxygen atoms in total. The van der Waals surface area contributed by atoms with Gasteiger partial charge in [0.05, 0.1) is 22.5 Å². The number of para-hydroxylation sites is 2. The number of anilines is 1. The van der Waals surface area contributed by atoms with Gasteiger partial charge >= 0.3 is 0 Å². The molecule has 0 saturated carbocycles. The van der Waals surface area contributed by atoms with E-state index in [0.717, 1.165) is 11.0 Å². The van der Waals surface area contributed by atoms with E-state index in [1.54, 1.807) is 16.9 Å². The molecule has 0 unspecified atom stereocenters. The smallest absolute Gasteiger partial charge is 0.238 e. The van der Waals surface area contributed by atoms with Crippen LogP contribution in [0.25, 0.3) is 16.8 Å². The summed E-state index contributed by atoms with van der Waals surface area (Å²) >= 11 is 1.38.